The second-order valence-corrected chi connectivity index (χ2v) is 8.22. The summed E-state index contributed by atoms with van der Waals surface area (Å²) < 4.78 is 11.1. The van der Waals surface area contributed by atoms with Crippen LogP contribution in [0.1, 0.15) is 45.8 Å². The fourth-order valence-electron chi connectivity index (χ4n) is 4.51. The Hall–Kier alpha value is -3.86. The van der Waals surface area contributed by atoms with Gasteiger partial charge in [-0.2, -0.15) is 0 Å². The second-order valence-electron chi connectivity index (χ2n) is 8.22. The van der Waals surface area contributed by atoms with E-state index in [1.54, 1.807) is 0 Å². The van der Waals surface area contributed by atoms with Crippen molar-refractivity contribution in [1.82, 2.24) is 5.32 Å². The van der Waals surface area contributed by atoms with Crippen molar-refractivity contribution in [2.75, 3.05) is 19.8 Å². The zero-order chi connectivity index (χ0) is 22.6. The van der Waals surface area contributed by atoms with Crippen LogP contribution >= 0.6 is 0 Å². The average molecular weight is 440 g/mol. The van der Waals surface area contributed by atoms with Crippen molar-refractivity contribution < 1.29 is 19.1 Å². The van der Waals surface area contributed by atoms with Gasteiger partial charge in [0.15, 0.2) is 5.78 Å². The van der Waals surface area contributed by atoms with Crippen LogP contribution in [0.5, 0.6) is 5.75 Å². The summed E-state index contributed by atoms with van der Waals surface area (Å²) in [5.74, 6) is 0.824. The average Bonchev–Trinajstić information content (AvgIpc) is 3.16. The Morgan fingerprint density at radius 2 is 1.73 bits per heavy atom. The van der Waals surface area contributed by atoms with E-state index in [1.807, 2.05) is 54.6 Å². The number of amides is 1. The summed E-state index contributed by atoms with van der Waals surface area (Å²) in [6, 6.07) is 22.2. The normalized spacial score (nSPS) is 14.4. The maximum Gasteiger partial charge on any atom is 0.407 e. The molecule has 3 aromatic rings. The molecule has 0 saturated carbocycles. The van der Waals surface area contributed by atoms with E-state index < -0.39 is 6.09 Å². The molecule has 0 unspecified atom stereocenters. The number of carbonyl (C=O) groups excluding carboxylic acids is 2. The second kappa shape index (κ2) is 9.33. The number of ether oxygens (including phenoxy) is 2. The van der Waals surface area contributed by atoms with Gasteiger partial charge in [0.1, 0.15) is 12.4 Å². The summed E-state index contributed by atoms with van der Waals surface area (Å²) in [5, 5.41) is 2.81. The lowest BCUT2D eigenvalue weighted by atomic mass is 9.98. The molecule has 33 heavy (non-hydrogen) atoms. The van der Waals surface area contributed by atoms with Crippen molar-refractivity contribution in [3.8, 4) is 16.9 Å². The van der Waals surface area contributed by atoms with Crippen LogP contribution in [-0.2, 0) is 4.74 Å². The first-order valence-electron chi connectivity index (χ1n) is 11.3. The molecule has 1 heterocycles. The van der Waals surface area contributed by atoms with E-state index in [2.05, 4.69) is 29.6 Å². The van der Waals surface area contributed by atoms with Gasteiger partial charge in [0.2, 0.25) is 0 Å². The third-order valence-corrected chi connectivity index (χ3v) is 6.13. The van der Waals surface area contributed by atoms with E-state index in [4.69, 9.17) is 9.47 Å². The number of Topliss-reactive ketones (excluding diaryl/α,β-unsaturated/α-hetero) is 1. The van der Waals surface area contributed by atoms with Gasteiger partial charge in [-0.25, -0.2) is 4.79 Å². The molecular weight excluding hydrogens is 414 g/mol. The lowest BCUT2D eigenvalue weighted by molar-refractivity contribution is 0.0933. The van der Waals surface area contributed by atoms with E-state index >= 15 is 0 Å². The molecule has 5 heteroatoms. The van der Waals surface area contributed by atoms with Crippen LogP contribution in [0.25, 0.3) is 17.2 Å². The van der Waals surface area contributed by atoms with Crippen molar-refractivity contribution in [3.05, 3.63) is 95.1 Å². The molecule has 0 bridgehead atoms. The van der Waals surface area contributed by atoms with Gasteiger partial charge < -0.3 is 14.8 Å². The highest BCUT2D eigenvalue weighted by Crippen LogP contribution is 2.44. The van der Waals surface area contributed by atoms with Crippen LogP contribution < -0.4 is 10.1 Å². The molecule has 0 fully saturated rings. The first-order chi connectivity index (χ1) is 16.2. The van der Waals surface area contributed by atoms with Gasteiger partial charge in [0.05, 0.1) is 12.2 Å². The predicted molar refractivity (Wildman–Crippen MR) is 128 cm³/mol. The molecule has 5 rings (SSSR count). The summed E-state index contributed by atoms with van der Waals surface area (Å²) in [5.41, 5.74) is 6.43. The van der Waals surface area contributed by atoms with Crippen LogP contribution in [0.3, 0.4) is 0 Å². The van der Waals surface area contributed by atoms with Crippen molar-refractivity contribution in [1.29, 1.82) is 0 Å². The summed E-state index contributed by atoms with van der Waals surface area (Å²) >= 11 is 0. The maximum atomic E-state index is 12.2. The lowest BCUT2D eigenvalue weighted by Gasteiger charge is -2.16. The topological polar surface area (TPSA) is 64.6 Å². The third-order valence-electron chi connectivity index (χ3n) is 6.13. The Kier molecular flexibility index (Phi) is 5.94. The molecule has 0 radical (unpaired) electrons. The van der Waals surface area contributed by atoms with E-state index in [-0.39, 0.29) is 11.7 Å². The smallest absolute Gasteiger partial charge is 0.407 e. The molecule has 1 N–H and O–H groups in total. The Morgan fingerprint density at radius 1 is 1.00 bits per heavy atom. The predicted octanol–water partition coefficient (Wildman–Crippen LogP) is 5.59. The van der Waals surface area contributed by atoms with Crippen LogP contribution in [0.15, 0.2) is 72.8 Å². The molecule has 3 aromatic carbocycles. The summed E-state index contributed by atoms with van der Waals surface area (Å²) in [7, 11) is 0. The van der Waals surface area contributed by atoms with Gasteiger partial charge >= 0.3 is 6.09 Å². The molecule has 1 aliphatic heterocycles. The van der Waals surface area contributed by atoms with E-state index in [9.17, 15) is 9.59 Å². The minimum Gasteiger partial charge on any atom is -0.492 e. The number of benzene rings is 3. The van der Waals surface area contributed by atoms with Crippen molar-refractivity contribution in [3.63, 3.8) is 0 Å². The Labute approximate surface area is 193 Å². The SMILES string of the molecule is O=C(NCCC=Cc1ccc2c(c1)OCCC2=O)OCC1c2ccccc2-c2ccccc21. The highest BCUT2D eigenvalue weighted by atomic mass is 16.5. The van der Waals surface area contributed by atoms with Gasteiger partial charge in [-0.15, -0.1) is 0 Å². The fourth-order valence-corrected chi connectivity index (χ4v) is 4.51. The minimum absolute atomic E-state index is 0.0566. The highest BCUT2D eigenvalue weighted by molar-refractivity contribution is 5.99. The number of hydrogen-bond donors (Lipinski definition) is 1. The van der Waals surface area contributed by atoms with E-state index in [0.717, 1.165) is 5.56 Å². The Balaban J connectivity index is 1.11. The van der Waals surface area contributed by atoms with Crippen molar-refractivity contribution >= 4 is 18.0 Å². The first-order valence-corrected chi connectivity index (χ1v) is 11.3. The van der Waals surface area contributed by atoms with Gasteiger partial charge in [0.25, 0.3) is 0 Å². The molecule has 0 aromatic heterocycles. The summed E-state index contributed by atoms with van der Waals surface area (Å²) in [4.78, 5) is 24.1. The van der Waals surface area contributed by atoms with Crippen LogP contribution in [0.2, 0.25) is 0 Å². The molecule has 5 nitrogen and oxygen atoms in total. The molecule has 0 spiro atoms. The minimum atomic E-state index is -0.411. The van der Waals surface area contributed by atoms with Crippen LogP contribution in [0.4, 0.5) is 4.79 Å². The summed E-state index contributed by atoms with van der Waals surface area (Å²) in [6.45, 7) is 1.22. The Bertz CT molecular complexity index is 1180. The number of fused-ring (bicyclic) bond motifs is 4. The molecule has 1 amide bonds. The van der Waals surface area contributed by atoms with Crippen LogP contribution in [-0.4, -0.2) is 31.6 Å². The monoisotopic (exact) mass is 439 g/mol. The zero-order valence-corrected chi connectivity index (χ0v) is 18.3. The standard InChI is InChI=1S/C28H25NO4/c30-26-14-16-32-27-17-19(12-13-24(26)27)7-5-6-15-29-28(31)33-18-25-22-10-3-1-8-20(22)21-9-2-4-11-23(21)25/h1-5,7-13,17,25H,6,14-16,18H2,(H,29,31). The number of hydrogen-bond acceptors (Lipinski definition) is 4. The fraction of sp³-hybridized carbons (Fsp3) is 0.214. The molecule has 1 aliphatic carbocycles. The van der Waals surface area contributed by atoms with Gasteiger partial charge in [-0.05, 0) is 46.4 Å². The quantitative estimate of drug-likeness (QED) is 0.508. The summed E-state index contributed by atoms with van der Waals surface area (Å²) in [6.07, 6.45) is 4.63. The van der Waals surface area contributed by atoms with E-state index in [0.29, 0.717) is 43.9 Å². The highest BCUT2D eigenvalue weighted by Gasteiger charge is 2.28. The number of rotatable bonds is 6. The number of carbonyl (C=O) groups is 2. The Morgan fingerprint density at radius 3 is 2.48 bits per heavy atom. The number of nitrogens with one attached hydrogen (secondary N) is 1. The first kappa shape index (κ1) is 21.0. The van der Waals surface area contributed by atoms with Crippen molar-refractivity contribution in [2.24, 2.45) is 0 Å². The molecular formula is C28H25NO4. The van der Waals surface area contributed by atoms with E-state index in [1.165, 1.54) is 22.3 Å². The molecule has 0 saturated heterocycles. The molecule has 0 atom stereocenters. The van der Waals surface area contributed by atoms with Crippen LogP contribution in [0, 0.1) is 0 Å². The maximum absolute atomic E-state index is 12.2. The molecule has 2 aliphatic rings. The lowest BCUT2D eigenvalue weighted by Crippen LogP contribution is -2.26. The number of ketones is 1. The van der Waals surface area contributed by atoms with Gasteiger partial charge in [-0.3, -0.25) is 4.79 Å². The van der Waals surface area contributed by atoms with Crippen molar-refractivity contribution in [2.45, 2.75) is 18.8 Å². The zero-order valence-electron chi connectivity index (χ0n) is 18.3. The van der Waals surface area contributed by atoms with Gasteiger partial charge in [-0.1, -0.05) is 66.7 Å². The third kappa shape index (κ3) is 4.40. The molecule has 166 valence electrons. The van der Waals surface area contributed by atoms with Gasteiger partial charge in [0, 0.05) is 18.9 Å². The largest absolute Gasteiger partial charge is 0.492 e. The number of alkyl carbamates (subject to hydrolysis) is 1.